The highest BCUT2D eigenvalue weighted by Gasteiger charge is 2.31. The molecule has 0 fully saturated rings. The molecule has 0 spiro atoms. The number of nitrogens with zero attached hydrogens (tertiary/aromatic N) is 1. The molecule has 144 valence electrons. The first-order valence-corrected chi connectivity index (χ1v) is 11.3. The molecule has 3 rings (SSSR count). The Labute approximate surface area is 165 Å². The second-order valence-corrected chi connectivity index (χ2v) is 11.2. The molecule has 27 heavy (non-hydrogen) atoms. The molecule has 0 bridgehead atoms. The van der Waals surface area contributed by atoms with Crippen LogP contribution in [0.2, 0.25) is 0 Å². The maximum atomic E-state index is 6.05. The first kappa shape index (κ1) is 20.1. The van der Waals surface area contributed by atoms with E-state index in [0.29, 0.717) is 6.61 Å². The lowest BCUT2D eigenvalue weighted by Gasteiger charge is -2.22. The summed E-state index contributed by atoms with van der Waals surface area (Å²) >= 11 is 0. The SMILES string of the molecule is Cc1cc(C)cc(P(CC2=N[C@@H](C(C)(C)C)CO2)c2cc(C)cc(C)c2)c1. The van der Waals surface area contributed by atoms with E-state index in [-0.39, 0.29) is 11.5 Å². The van der Waals surface area contributed by atoms with Crippen molar-refractivity contribution in [2.75, 3.05) is 12.8 Å². The quantitative estimate of drug-likeness (QED) is 0.668. The molecular weight excluding hydrogens is 349 g/mol. The average Bonchev–Trinajstić information content (AvgIpc) is 2.99. The van der Waals surface area contributed by atoms with E-state index in [1.165, 1.54) is 32.9 Å². The first-order valence-electron chi connectivity index (χ1n) is 9.75. The topological polar surface area (TPSA) is 21.6 Å². The van der Waals surface area contributed by atoms with Crippen LogP contribution in [0.3, 0.4) is 0 Å². The fourth-order valence-corrected chi connectivity index (χ4v) is 6.18. The lowest BCUT2D eigenvalue weighted by Crippen LogP contribution is -2.25. The lowest BCUT2D eigenvalue weighted by molar-refractivity contribution is 0.235. The second kappa shape index (κ2) is 7.76. The van der Waals surface area contributed by atoms with E-state index in [1.54, 1.807) is 0 Å². The molecule has 0 radical (unpaired) electrons. The highest BCUT2D eigenvalue weighted by Crippen LogP contribution is 2.37. The minimum atomic E-state index is -0.537. The van der Waals surface area contributed by atoms with Gasteiger partial charge in [0.2, 0.25) is 0 Å². The van der Waals surface area contributed by atoms with Gasteiger partial charge in [0, 0.05) is 0 Å². The third kappa shape index (κ3) is 4.99. The van der Waals surface area contributed by atoms with Crippen LogP contribution < -0.4 is 10.6 Å². The van der Waals surface area contributed by atoms with Gasteiger partial charge in [0.25, 0.3) is 0 Å². The van der Waals surface area contributed by atoms with Crippen molar-refractivity contribution in [2.24, 2.45) is 10.4 Å². The summed E-state index contributed by atoms with van der Waals surface area (Å²) < 4.78 is 6.05. The van der Waals surface area contributed by atoms with Gasteiger partial charge in [-0.15, -0.1) is 0 Å². The molecule has 3 heteroatoms. The van der Waals surface area contributed by atoms with Gasteiger partial charge in [-0.05, 0) is 51.6 Å². The van der Waals surface area contributed by atoms with Gasteiger partial charge in [0.05, 0.1) is 12.2 Å². The van der Waals surface area contributed by atoms with Crippen LogP contribution in [0.15, 0.2) is 41.4 Å². The lowest BCUT2D eigenvalue weighted by atomic mass is 9.88. The van der Waals surface area contributed by atoms with Crippen LogP contribution in [0, 0.1) is 33.1 Å². The number of rotatable bonds is 4. The molecule has 2 aromatic carbocycles. The van der Waals surface area contributed by atoms with E-state index in [2.05, 4.69) is 84.9 Å². The van der Waals surface area contributed by atoms with Crippen LogP contribution in [0.4, 0.5) is 0 Å². The van der Waals surface area contributed by atoms with Crippen molar-refractivity contribution in [3.05, 3.63) is 58.7 Å². The summed E-state index contributed by atoms with van der Waals surface area (Å²) in [7, 11) is -0.537. The predicted octanol–water partition coefficient (Wildman–Crippen LogP) is 5.20. The molecule has 0 aromatic heterocycles. The van der Waals surface area contributed by atoms with Crippen LogP contribution in [-0.4, -0.2) is 24.7 Å². The standard InChI is InChI=1S/C24H32NOP/c1-16-8-17(2)11-20(10-16)27(21-12-18(3)9-19(4)13-21)15-23-25-22(14-26-23)24(5,6)7/h8-13,22H,14-15H2,1-7H3/t22-/m1/s1. The summed E-state index contributed by atoms with van der Waals surface area (Å²) in [5.74, 6) is 0.930. The predicted molar refractivity (Wildman–Crippen MR) is 120 cm³/mol. The van der Waals surface area contributed by atoms with Crippen molar-refractivity contribution in [3.63, 3.8) is 0 Å². The molecule has 1 atom stereocenters. The van der Waals surface area contributed by atoms with Gasteiger partial charge in [0.1, 0.15) is 6.61 Å². The molecule has 1 heterocycles. The molecule has 0 saturated heterocycles. The Balaban J connectivity index is 2.00. The Kier molecular flexibility index (Phi) is 5.77. The van der Waals surface area contributed by atoms with Gasteiger partial charge < -0.3 is 4.74 Å². The fraction of sp³-hybridized carbons (Fsp3) is 0.458. The summed E-state index contributed by atoms with van der Waals surface area (Å²) in [4.78, 5) is 4.95. The number of hydrogen-bond donors (Lipinski definition) is 0. The van der Waals surface area contributed by atoms with Crippen LogP contribution in [0.25, 0.3) is 0 Å². The van der Waals surface area contributed by atoms with Gasteiger partial charge in [-0.1, -0.05) is 79.4 Å². The molecule has 2 nitrogen and oxygen atoms in total. The van der Waals surface area contributed by atoms with E-state index in [0.717, 1.165) is 12.1 Å². The molecule has 0 amide bonds. The van der Waals surface area contributed by atoms with Gasteiger partial charge in [-0.3, -0.25) is 0 Å². The molecular formula is C24H32NOP. The summed E-state index contributed by atoms with van der Waals surface area (Å²) in [6.45, 7) is 16.2. The zero-order valence-electron chi connectivity index (χ0n) is 17.8. The summed E-state index contributed by atoms with van der Waals surface area (Å²) in [6, 6.07) is 14.1. The number of aryl methyl sites for hydroxylation is 4. The van der Waals surface area contributed by atoms with Gasteiger partial charge in [0.15, 0.2) is 5.90 Å². The van der Waals surface area contributed by atoms with E-state index >= 15 is 0 Å². The van der Waals surface area contributed by atoms with Gasteiger partial charge in [-0.25, -0.2) is 4.99 Å². The second-order valence-electron chi connectivity index (χ2n) is 8.99. The molecule has 1 aliphatic rings. The largest absolute Gasteiger partial charge is 0.478 e. The summed E-state index contributed by atoms with van der Waals surface area (Å²) in [6.07, 6.45) is 0.883. The monoisotopic (exact) mass is 381 g/mol. The van der Waals surface area contributed by atoms with E-state index in [9.17, 15) is 0 Å². The Bertz CT molecular complexity index is 771. The van der Waals surface area contributed by atoms with Gasteiger partial charge >= 0.3 is 0 Å². The Hall–Kier alpha value is -1.66. The number of aliphatic imine (C=N–C) groups is 1. The maximum Gasteiger partial charge on any atom is 0.188 e. The smallest absolute Gasteiger partial charge is 0.188 e. The minimum absolute atomic E-state index is 0.143. The average molecular weight is 382 g/mol. The highest BCUT2D eigenvalue weighted by atomic mass is 31.1. The van der Waals surface area contributed by atoms with Crippen LogP contribution in [0.5, 0.6) is 0 Å². The van der Waals surface area contributed by atoms with Crippen molar-refractivity contribution >= 4 is 24.4 Å². The molecule has 0 N–H and O–H groups in total. The van der Waals surface area contributed by atoms with Crippen LogP contribution in [0.1, 0.15) is 43.0 Å². The zero-order chi connectivity index (χ0) is 19.8. The van der Waals surface area contributed by atoms with Crippen molar-refractivity contribution in [2.45, 2.75) is 54.5 Å². The number of ether oxygens (including phenoxy) is 1. The number of benzene rings is 2. The molecule has 0 saturated carbocycles. The summed E-state index contributed by atoms with van der Waals surface area (Å²) in [5, 5.41) is 2.83. The highest BCUT2D eigenvalue weighted by molar-refractivity contribution is 7.73. The molecule has 1 aliphatic heterocycles. The Morgan fingerprint density at radius 3 is 1.67 bits per heavy atom. The van der Waals surface area contributed by atoms with E-state index < -0.39 is 7.92 Å². The van der Waals surface area contributed by atoms with Crippen molar-refractivity contribution < 1.29 is 4.74 Å². The third-order valence-corrected chi connectivity index (χ3v) is 7.39. The van der Waals surface area contributed by atoms with Crippen molar-refractivity contribution in [1.82, 2.24) is 0 Å². The molecule has 0 unspecified atom stereocenters. The third-order valence-electron chi connectivity index (χ3n) is 5.04. The zero-order valence-corrected chi connectivity index (χ0v) is 18.7. The normalized spacial score (nSPS) is 17.2. The molecule has 0 aliphatic carbocycles. The fourth-order valence-electron chi connectivity index (χ4n) is 3.63. The minimum Gasteiger partial charge on any atom is -0.478 e. The summed E-state index contributed by atoms with van der Waals surface area (Å²) in [5.41, 5.74) is 5.43. The van der Waals surface area contributed by atoms with Crippen LogP contribution in [-0.2, 0) is 4.74 Å². The van der Waals surface area contributed by atoms with E-state index in [1.807, 2.05) is 0 Å². The van der Waals surface area contributed by atoms with Crippen LogP contribution >= 0.6 is 7.92 Å². The number of hydrogen-bond acceptors (Lipinski definition) is 2. The Morgan fingerprint density at radius 1 is 0.852 bits per heavy atom. The maximum absolute atomic E-state index is 6.05. The Morgan fingerprint density at radius 2 is 1.30 bits per heavy atom. The first-order chi connectivity index (χ1) is 12.6. The van der Waals surface area contributed by atoms with Crippen molar-refractivity contribution in [1.29, 1.82) is 0 Å². The van der Waals surface area contributed by atoms with Crippen molar-refractivity contribution in [3.8, 4) is 0 Å². The van der Waals surface area contributed by atoms with E-state index in [4.69, 9.17) is 9.73 Å². The van der Waals surface area contributed by atoms with Gasteiger partial charge in [-0.2, -0.15) is 0 Å². The molecule has 2 aromatic rings.